The summed E-state index contributed by atoms with van der Waals surface area (Å²) in [5.41, 5.74) is 0.492. The van der Waals surface area contributed by atoms with Crippen LogP contribution in [0.5, 0.6) is 0 Å². The Balaban J connectivity index is 2.96. The van der Waals surface area contributed by atoms with Crippen molar-refractivity contribution in [3.05, 3.63) is 11.6 Å². The Morgan fingerprint density at radius 1 is 1.25 bits per heavy atom. The SMILES string of the molecule is CC1=CC(=O)N(C)CN(C)C1=O. The van der Waals surface area contributed by atoms with E-state index in [1.165, 1.54) is 15.9 Å². The molecule has 0 bridgehead atoms. The van der Waals surface area contributed by atoms with Gasteiger partial charge in [0.25, 0.3) is 5.91 Å². The summed E-state index contributed by atoms with van der Waals surface area (Å²) in [6.07, 6.45) is 1.37. The van der Waals surface area contributed by atoms with E-state index in [0.29, 0.717) is 12.2 Å². The Hall–Kier alpha value is -1.32. The number of likely N-dealkylation sites (N-methyl/N-ethyl adjacent to an activating group) is 2. The van der Waals surface area contributed by atoms with E-state index >= 15 is 0 Å². The molecule has 0 radical (unpaired) electrons. The fourth-order valence-corrected chi connectivity index (χ4v) is 1.11. The van der Waals surface area contributed by atoms with Crippen molar-refractivity contribution < 1.29 is 9.59 Å². The molecule has 4 nitrogen and oxygen atoms in total. The van der Waals surface area contributed by atoms with Crippen LogP contribution in [0.15, 0.2) is 11.6 Å². The summed E-state index contributed by atoms with van der Waals surface area (Å²) in [6, 6.07) is 0. The highest BCUT2D eigenvalue weighted by Gasteiger charge is 2.20. The number of nitrogens with zero attached hydrogens (tertiary/aromatic N) is 2. The summed E-state index contributed by atoms with van der Waals surface area (Å²) >= 11 is 0. The minimum Gasteiger partial charge on any atom is -0.324 e. The molecule has 0 aromatic heterocycles. The predicted molar refractivity (Wildman–Crippen MR) is 44.2 cm³/mol. The molecule has 1 rings (SSSR count). The van der Waals surface area contributed by atoms with Crippen LogP contribution >= 0.6 is 0 Å². The maximum atomic E-state index is 11.3. The molecule has 1 aliphatic rings. The fraction of sp³-hybridized carbons (Fsp3) is 0.500. The summed E-state index contributed by atoms with van der Waals surface area (Å²) in [7, 11) is 3.34. The largest absolute Gasteiger partial charge is 0.324 e. The summed E-state index contributed by atoms with van der Waals surface area (Å²) in [4.78, 5) is 25.5. The van der Waals surface area contributed by atoms with Crippen LogP contribution in [0, 0.1) is 0 Å². The minimum atomic E-state index is -0.120. The van der Waals surface area contributed by atoms with E-state index in [4.69, 9.17) is 0 Å². The molecular weight excluding hydrogens is 156 g/mol. The zero-order valence-corrected chi connectivity index (χ0v) is 7.50. The molecule has 0 aliphatic carbocycles. The van der Waals surface area contributed by atoms with E-state index in [0.717, 1.165) is 0 Å². The maximum absolute atomic E-state index is 11.3. The van der Waals surface area contributed by atoms with Crippen molar-refractivity contribution in [3.63, 3.8) is 0 Å². The third kappa shape index (κ3) is 1.47. The molecule has 1 heterocycles. The summed E-state index contributed by atoms with van der Waals surface area (Å²) in [5, 5.41) is 0. The standard InChI is InChI=1S/C8H12N2O2/c1-6-4-7(11)9(2)5-10(3)8(6)12/h4H,5H2,1-3H3. The molecule has 2 amide bonds. The number of amides is 2. The zero-order chi connectivity index (χ0) is 9.30. The van der Waals surface area contributed by atoms with Gasteiger partial charge in [-0.1, -0.05) is 0 Å². The van der Waals surface area contributed by atoms with E-state index in [2.05, 4.69) is 0 Å². The number of hydrogen-bond acceptors (Lipinski definition) is 2. The third-order valence-corrected chi connectivity index (χ3v) is 1.82. The molecule has 1 aliphatic heterocycles. The molecule has 0 atom stereocenters. The van der Waals surface area contributed by atoms with Crippen LogP contribution < -0.4 is 0 Å². The van der Waals surface area contributed by atoms with Crippen LogP contribution in [-0.4, -0.2) is 42.4 Å². The van der Waals surface area contributed by atoms with Crippen molar-refractivity contribution in [2.75, 3.05) is 20.8 Å². The predicted octanol–water partition coefficient (Wildman–Crippen LogP) is -0.179. The smallest absolute Gasteiger partial charge is 0.250 e. The number of hydrogen-bond donors (Lipinski definition) is 0. The van der Waals surface area contributed by atoms with Crippen LogP contribution in [0.25, 0.3) is 0 Å². The summed E-state index contributed by atoms with van der Waals surface area (Å²) in [6.45, 7) is 2.00. The first-order valence-corrected chi connectivity index (χ1v) is 3.71. The molecule has 12 heavy (non-hydrogen) atoms. The van der Waals surface area contributed by atoms with Gasteiger partial charge >= 0.3 is 0 Å². The highest BCUT2D eigenvalue weighted by molar-refractivity contribution is 6.01. The van der Waals surface area contributed by atoms with Gasteiger partial charge in [0.15, 0.2) is 0 Å². The lowest BCUT2D eigenvalue weighted by molar-refractivity contribution is -0.130. The van der Waals surface area contributed by atoms with Gasteiger partial charge in [0.05, 0.1) is 6.67 Å². The molecule has 0 aromatic carbocycles. The molecular formula is C8H12N2O2. The topological polar surface area (TPSA) is 40.6 Å². The van der Waals surface area contributed by atoms with Crippen LogP contribution in [0.1, 0.15) is 6.92 Å². The van der Waals surface area contributed by atoms with Gasteiger partial charge in [0, 0.05) is 25.7 Å². The Morgan fingerprint density at radius 3 is 2.42 bits per heavy atom. The van der Waals surface area contributed by atoms with Gasteiger partial charge in [0.2, 0.25) is 5.91 Å². The lowest BCUT2D eigenvalue weighted by Crippen LogP contribution is -2.36. The Morgan fingerprint density at radius 2 is 1.83 bits per heavy atom. The van der Waals surface area contributed by atoms with Crippen LogP contribution in [0.3, 0.4) is 0 Å². The fourth-order valence-electron chi connectivity index (χ4n) is 1.11. The van der Waals surface area contributed by atoms with Gasteiger partial charge in [-0.2, -0.15) is 0 Å². The van der Waals surface area contributed by atoms with Crippen LogP contribution in [0.4, 0.5) is 0 Å². The van der Waals surface area contributed by atoms with E-state index in [9.17, 15) is 9.59 Å². The second kappa shape index (κ2) is 2.97. The zero-order valence-electron chi connectivity index (χ0n) is 7.50. The van der Waals surface area contributed by atoms with Crippen molar-refractivity contribution in [2.45, 2.75) is 6.92 Å². The lowest BCUT2D eigenvalue weighted by Gasteiger charge is -2.20. The average molecular weight is 168 g/mol. The van der Waals surface area contributed by atoms with Crippen LogP contribution in [-0.2, 0) is 9.59 Å². The molecule has 0 saturated heterocycles. The quantitative estimate of drug-likeness (QED) is 0.503. The van der Waals surface area contributed by atoms with Gasteiger partial charge in [-0.3, -0.25) is 9.59 Å². The monoisotopic (exact) mass is 168 g/mol. The van der Waals surface area contributed by atoms with E-state index in [1.807, 2.05) is 0 Å². The third-order valence-electron chi connectivity index (χ3n) is 1.82. The number of rotatable bonds is 0. The molecule has 0 unspecified atom stereocenters. The van der Waals surface area contributed by atoms with Crippen molar-refractivity contribution in [1.82, 2.24) is 9.80 Å². The van der Waals surface area contributed by atoms with Gasteiger partial charge in [0.1, 0.15) is 0 Å². The normalized spacial score (nSPS) is 19.4. The summed E-state index contributed by atoms with van der Waals surface area (Å²) in [5.74, 6) is -0.210. The first-order valence-electron chi connectivity index (χ1n) is 3.71. The van der Waals surface area contributed by atoms with Crippen molar-refractivity contribution in [2.24, 2.45) is 0 Å². The molecule has 0 aromatic rings. The maximum Gasteiger partial charge on any atom is 0.250 e. The van der Waals surface area contributed by atoms with Crippen molar-refractivity contribution in [3.8, 4) is 0 Å². The second-order valence-electron chi connectivity index (χ2n) is 3.01. The van der Waals surface area contributed by atoms with Gasteiger partial charge in [-0.05, 0) is 6.92 Å². The molecule has 66 valence electrons. The van der Waals surface area contributed by atoms with E-state index in [-0.39, 0.29) is 11.8 Å². The Labute approximate surface area is 71.4 Å². The molecule has 4 heteroatoms. The lowest BCUT2D eigenvalue weighted by atomic mass is 10.2. The molecule has 0 N–H and O–H groups in total. The minimum absolute atomic E-state index is 0.0901. The first-order chi connectivity index (χ1) is 5.52. The molecule has 0 spiro atoms. The van der Waals surface area contributed by atoms with Crippen LogP contribution in [0.2, 0.25) is 0 Å². The number of carbonyl (C=O) groups excluding carboxylic acids is 2. The molecule has 0 saturated carbocycles. The Kier molecular flexibility index (Phi) is 2.17. The first kappa shape index (κ1) is 8.77. The highest BCUT2D eigenvalue weighted by Crippen LogP contribution is 2.06. The van der Waals surface area contributed by atoms with Crippen molar-refractivity contribution >= 4 is 11.8 Å². The number of carbonyl (C=O) groups is 2. The Bertz CT molecular complexity index is 258. The van der Waals surface area contributed by atoms with Gasteiger partial charge in [-0.15, -0.1) is 0 Å². The second-order valence-corrected chi connectivity index (χ2v) is 3.01. The highest BCUT2D eigenvalue weighted by atomic mass is 16.2. The van der Waals surface area contributed by atoms with Gasteiger partial charge < -0.3 is 9.80 Å². The van der Waals surface area contributed by atoms with E-state index in [1.54, 1.807) is 21.0 Å². The molecule has 0 fully saturated rings. The van der Waals surface area contributed by atoms with Crippen molar-refractivity contribution in [1.29, 1.82) is 0 Å². The summed E-state index contributed by atoms with van der Waals surface area (Å²) < 4.78 is 0. The van der Waals surface area contributed by atoms with Gasteiger partial charge in [-0.25, -0.2) is 0 Å². The van der Waals surface area contributed by atoms with E-state index < -0.39 is 0 Å². The average Bonchev–Trinajstić information content (AvgIpc) is 2.07.